The molecule has 0 radical (unpaired) electrons. The van der Waals surface area contributed by atoms with E-state index in [0.717, 1.165) is 0 Å². The van der Waals surface area contributed by atoms with Crippen LogP contribution < -0.4 is 0 Å². The molecule has 144 valence electrons. The Morgan fingerprint density at radius 2 is 1.86 bits per heavy atom. The molecule has 0 unspecified atom stereocenters. The molecule has 0 bridgehead atoms. The van der Waals surface area contributed by atoms with Gasteiger partial charge in [0.05, 0.1) is 22.1 Å². The Bertz CT molecular complexity index is 1000. The summed E-state index contributed by atoms with van der Waals surface area (Å²) in [5.74, 6) is 0.244. The van der Waals surface area contributed by atoms with Gasteiger partial charge in [0.25, 0.3) is 11.6 Å². The highest BCUT2D eigenvalue weighted by molar-refractivity contribution is 6.33. The summed E-state index contributed by atoms with van der Waals surface area (Å²) >= 11 is 6.15. The van der Waals surface area contributed by atoms with Crippen LogP contribution in [0, 0.1) is 10.1 Å². The zero-order valence-electron chi connectivity index (χ0n) is 15.2. The van der Waals surface area contributed by atoms with E-state index in [1.165, 1.54) is 24.3 Å². The SMILES string of the molecule is CC(C)N(Cc1nnc(-c2ccccc2Cl)o1)C(=O)c1ccc([N+](=O)[O-])cc1. The van der Waals surface area contributed by atoms with Gasteiger partial charge >= 0.3 is 0 Å². The smallest absolute Gasteiger partial charge is 0.269 e. The fraction of sp³-hybridized carbons (Fsp3) is 0.211. The van der Waals surface area contributed by atoms with E-state index in [1.54, 1.807) is 23.1 Å². The van der Waals surface area contributed by atoms with Gasteiger partial charge < -0.3 is 9.32 Å². The number of hydrogen-bond acceptors (Lipinski definition) is 6. The molecule has 28 heavy (non-hydrogen) atoms. The lowest BCUT2D eigenvalue weighted by Crippen LogP contribution is -2.36. The Hall–Kier alpha value is -3.26. The van der Waals surface area contributed by atoms with Crippen LogP contribution in [0.2, 0.25) is 5.02 Å². The number of carbonyl (C=O) groups excluding carboxylic acids is 1. The van der Waals surface area contributed by atoms with Gasteiger partial charge in [-0.2, -0.15) is 0 Å². The van der Waals surface area contributed by atoms with Crippen LogP contribution in [0.1, 0.15) is 30.1 Å². The number of nitro groups is 1. The van der Waals surface area contributed by atoms with E-state index in [-0.39, 0.29) is 36.0 Å². The third-order valence-corrected chi connectivity index (χ3v) is 4.42. The average Bonchev–Trinajstić information content (AvgIpc) is 3.14. The summed E-state index contributed by atoms with van der Waals surface area (Å²) in [4.78, 5) is 24.7. The summed E-state index contributed by atoms with van der Waals surface area (Å²) < 4.78 is 5.68. The standard InChI is InChI=1S/C19H17ClN4O4/c1-12(2)23(19(25)13-7-9-14(10-8-13)24(26)27)11-17-21-22-18(28-17)15-5-3-4-6-16(15)20/h3-10,12H,11H2,1-2H3. The second-order valence-electron chi connectivity index (χ2n) is 6.31. The highest BCUT2D eigenvalue weighted by atomic mass is 35.5. The molecule has 1 heterocycles. The second-order valence-corrected chi connectivity index (χ2v) is 6.72. The van der Waals surface area contributed by atoms with Crippen molar-refractivity contribution in [3.8, 4) is 11.5 Å². The minimum atomic E-state index is -0.511. The van der Waals surface area contributed by atoms with Gasteiger partial charge in [-0.05, 0) is 38.1 Å². The first-order valence-corrected chi connectivity index (χ1v) is 8.87. The summed E-state index contributed by atoms with van der Waals surface area (Å²) in [6.45, 7) is 3.81. The lowest BCUT2D eigenvalue weighted by molar-refractivity contribution is -0.384. The van der Waals surface area contributed by atoms with Gasteiger partial charge in [0, 0.05) is 23.7 Å². The van der Waals surface area contributed by atoms with Gasteiger partial charge in [-0.25, -0.2) is 0 Å². The van der Waals surface area contributed by atoms with Crippen molar-refractivity contribution < 1.29 is 14.1 Å². The van der Waals surface area contributed by atoms with Gasteiger partial charge in [-0.15, -0.1) is 10.2 Å². The zero-order valence-corrected chi connectivity index (χ0v) is 16.0. The van der Waals surface area contributed by atoms with Crippen LogP contribution in [0.4, 0.5) is 5.69 Å². The molecular weight excluding hydrogens is 384 g/mol. The first kappa shape index (κ1) is 19.5. The molecule has 3 rings (SSSR count). The number of nitrogens with zero attached hydrogens (tertiary/aromatic N) is 4. The van der Waals surface area contributed by atoms with E-state index in [9.17, 15) is 14.9 Å². The molecule has 0 spiro atoms. The molecule has 3 aromatic rings. The highest BCUT2D eigenvalue weighted by Gasteiger charge is 2.23. The van der Waals surface area contributed by atoms with Gasteiger partial charge in [0.15, 0.2) is 0 Å². The second kappa shape index (κ2) is 8.18. The molecule has 0 atom stereocenters. The number of non-ortho nitro benzene ring substituents is 1. The molecule has 1 aromatic heterocycles. The van der Waals surface area contributed by atoms with Crippen LogP contribution in [0.25, 0.3) is 11.5 Å². The number of amides is 1. The van der Waals surface area contributed by atoms with E-state index in [4.69, 9.17) is 16.0 Å². The minimum Gasteiger partial charge on any atom is -0.419 e. The van der Waals surface area contributed by atoms with Crippen molar-refractivity contribution in [1.82, 2.24) is 15.1 Å². The lowest BCUT2D eigenvalue weighted by atomic mass is 10.1. The molecule has 0 saturated carbocycles. The van der Waals surface area contributed by atoms with Crippen molar-refractivity contribution in [2.24, 2.45) is 0 Å². The lowest BCUT2D eigenvalue weighted by Gasteiger charge is -2.25. The quantitative estimate of drug-likeness (QED) is 0.450. The monoisotopic (exact) mass is 400 g/mol. The first-order valence-electron chi connectivity index (χ1n) is 8.49. The highest BCUT2D eigenvalue weighted by Crippen LogP contribution is 2.26. The summed E-state index contributed by atoms with van der Waals surface area (Å²) in [7, 11) is 0. The van der Waals surface area contributed by atoms with Crippen molar-refractivity contribution in [2.45, 2.75) is 26.4 Å². The Balaban J connectivity index is 1.81. The molecule has 0 aliphatic heterocycles. The molecule has 8 nitrogen and oxygen atoms in total. The molecular formula is C19H17ClN4O4. The third kappa shape index (κ3) is 4.17. The first-order chi connectivity index (χ1) is 13.4. The molecule has 0 N–H and O–H groups in total. The molecule has 0 fully saturated rings. The van der Waals surface area contributed by atoms with Crippen molar-refractivity contribution >= 4 is 23.2 Å². The fourth-order valence-corrected chi connectivity index (χ4v) is 2.80. The van der Waals surface area contributed by atoms with Gasteiger partial charge in [0.1, 0.15) is 0 Å². The van der Waals surface area contributed by atoms with Gasteiger partial charge in [0.2, 0.25) is 11.8 Å². The largest absolute Gasteiger partial charge is 0.419 e. The molecule has 2 aromatic carbocycles. The summed E-state index contributed by atoms with van der Waals surface area (Å²) in [6, 6.07) is 12.4. The molecule has 9 heteroatoms. The van der Waals surface area contributed by atoms with Crippen molar-refractivity contribution in [1.29, 1.82) is 0 Å². The summed E-state index contributed by atoms with van der Waals surface area (Å²) in [6.07, 6.45) is 0. The normalized spacial score (nSPS) is 10.9. The maximum Gasteiger partial charge on any atom is 0.269 e. The van der Waals surface area contributed by atoms with Crippen LogP contribution in [0.15, 0.2) is 52.9 Å². The van der Waals surface area contributed by atoms with Crippen LogP contribution in [-0.2, 0) is 6.54 Å². The summed E-state index contributed by atoms with van der Waals surface area (Å²) in [5, 5.41) is 19.3. The minimum absolute atomic E-state index is 0.0751. The molecule has 0 aliphatic carbocycles. The summed E-state index contributed by atoms with van der Waals surface area (Å²) in [5.41, 5.74) is 0.875. The van der Waals surface area contributed by atoms with E-state index in [0.29, 0.717) is 16.1 Å². The Labute approximate surface area is 165 Å². The van der Waals surface area contributed by atoms with Crippen molar-refractivity contribution in [3.63, 3.8) is 0 Å². The van der Waals surface area contributed by atoms with Crippen molar-refractivity contribution in [3.05, 3.63) is 75.1 Å². The number of halogens is 1. The van der Waals surface area contributed by atoms with E-state index < -0.39 is 4.92 Å². The van der Waals surface area contributed by atoms with Crippen molar-refractivity contribution in [2.75, 3.05) is 0 Å². The Morgan fingerprint density at radius 3 is 2.46 bits per heavy atom. The number of nitro benzene ring substituents is 1. The molecule has 0 aliphatic rings. The van der Waals surface area contributed by atoms with Crippen LogP contribution in [0.3, 0.4) is 0 Å². The Morgan fingerprint density at radius 1 is 1.18 bits per heavy atom. The number of rotatable bonds is 6. The number of carbonyl (C=O) groups is 1. The number of hydrogen-bond donors (Lipinski definition) is 0. The maximum atomic E-state index is 12.8. The van der Waals surface area contributed by atoms with Crippen LogP contribution >= 0.6 is 11.6 Å². The molecule has 1 amide bonds. The number of aromatic nitrogens is 2. The predicted molar refractivity (Wildman–Crippen MR) is 103 cm³/mol. The third-order valence-electron chi connectivity index (χ3n) is 4.09. The average molecular weight is 401 g/mol. The van der Waals surface area contributed by atoms with Crippen LogP contribution in [-0.4, -0.2) is 32.0 Å². The zero-order chi connectivity index (χ0) is 20.3. The van der Waals surface area contributed by atoms with E-state index in [1.807, 2.05) is 19.9 Å². The maximum absolute atomic E-state index is 12.8. The topological polar surface area (TPSA) is 102 Å². The van der Waals surface area contributed by atoms with Gasteiger partial charge in [-0.1, -0.05) is 23.7 Å². The van der Waals surface area contributed by atoms with E-state index >= 15 is 0 Å². The predicted octanol–water partition coefficient (Wildman–Crippen LogP) is 4.35. The number of benzene rings is 2. The molecule has 0 saturated heterocycles. The Kier molecular flexibility index (Phi) is 5.70. The van der Waals surface area contributed by atoms with Gasteiger partial charge in [-0.3, -0.25) is 14.9 Å². The van der Waals surface area contributed by atoms with Crippen LogP contribution in [0.5, 0.6) is 0 Å². The van der Waals surface area contributed by atoms with E-state index in [2.05, 4.69) is 10.2 Å². The fourth-order valence-electron chi connectivity index (χ4n) is 2.59.